The lowest BCUT2D eigenvalue weighted by molar-refractivity contribution is -0.117. The van der Waals surface area contributed by atoms with Crippen LogP contribution < -0.4 is 5.32 Å². The van der Waals surface area contributed by atoms with E-state index < -0.39 is 0 Å². The molecule has 0 saturated carbocycles. The molecule has 3 rings (SSSR count). The summed E-state index contributed by atoms with van der Waals surface area (Å²) in [4.78, 5) is 16.0. The first-order valence-electron chi connectivity index (χ1n) is 8.06. The summed E-state index contributed by atoms with van der Waals surface area (Å²) in [5.74, 6) is -0.160. The number of nitrogens with one attached hydrogen (secondary N) is 1. The molecule has 0 radical (unpaired) electrons. The molecule has 0 bridgehead atoms. The summed E-state index contributed by atoms with van der Waals surface area (Å²) in [6.07, 6.45) is 9.97. The maximum atomic E-state index is 12.1. The summed E-state index contributed by atoms with van der Waals surface area (Å²) in [6.45, 7) is 3.92. The molecule has 25 heavy (non-hydrogen) atoms. The Bertz CT molecular complexity index is 838. The second-order valence-electron chi connectivity index (χ2n) is 5.80. The first kappa shape index (κ1) is 16.6. The third-order valence-electron chi connectivity index (χ3n) is 4.00. The topological polar surface area (TPSA) is 77.6 Å². The van der Waals surface area contributed by atoms with Gasteiger partial charge in [-0.25, -0.2) is 14.3 Å². The number of hydrogen-bond acceptors (Lipinski definition) is 4. The van der Waals surface area contributed by atoms with Gasteiger partial charge < -0.3 is 5.32 Å². The van der Waals surface area contributed by atoms with Crippen molar-refractivity contribution in [3.63, 3.8) is 0 Å². The highest BCUT2D eigenvalue weighted by molar-refractivity contribution is 5.91. The standard InChI is InChI=1S/C18H20N6O/c1-14(15(2)24-13-19-12-21-24)22-18(25)9-8-16-10-20-23(11-16)17-6-4-3-5-7-17/h3-15H,1-2H3,(H,22,25). The Labute approximate surface area is 146 Å². The van der Waals surface area contributed by atoms with Crippen molar-refractivity contribution in [2.45, 2.75) is 25.9 Å². The van der Waals surface area contributed by atoms with Crippen molar-refractivity contribution in [2.75, 3.05) is 0 Å². The van der Waals surface area contributed by atoms with Gasteiger partial charge in [0.25, 0.3) is 0 Å². The molecule has 0 aliphatic carbocycles. The van der Waals surface area contributed by atoms with Crippen LogP contribution in [0.1, 0.15) is 25.5 Å². The van der Waals surface area contributed by atoms with Crippen molar-refractivity contribution in [1.82, 2.24) is 29.9 Å². The Hall–Kier alpha value is -3.22. The molecule has 2 atom stereocenters. The normalized spacial score (nSPS) is 13.7. The lowest BCUT2D eigenvalue weighted by atomic mass is 10.1. The van der Waals surface area contributed by atoms with Gasteiger partial charge in [-0.2, -0.15) is 10.2 Å². The van der Waals surface area contributed by atoms with Crippen LogP contribution in [0.2, 0.25) is 0 Å². The van der Waals surface area contributed by atoms with Gasteiger partial charge in [-0.05, 0) is 32.1 Å². The predicted molar refractivity (Wildman–Crippen MR) is 94.9 cm³/mol. The van der Waals surface area contributed by atoms with Gasteiger partial charge >= 0.3 is 0 Å². The zero-order chi connectivity index (χ0) is 17.6. The van der Waals surface area contributed by atoms with Crippen molar-refractivity contribution in [2.24, 2.45) is 0 Å². The van der Waals surface area contributed by atoms with Crippen molar-refractivity contribution < 1.29 is 4.79 Å². The van der Waals surface area contributed by atoms with Gasteiger partial charge in [-0.1, -0.05) is 18.2 Å². The van der Waals surface area contributed by atoms with E-state index in [1.54, 1.807) is 28.0 Å². The molecule has 7 heteroatoms. The predicted octanol–water partition coefficient (Wildman–Crippen LogP) is 2.24. The fraction of sp³-hybridized carbons (Fsp3) is 0.222. The van der Waals surface area contributed by atoms with E-state index in [9.17, 15) is 4.79 Å². The van der Waals surface area contributed by atoms with Crippen LogP contribution in [-0.4, -0.2) is 36.5 Å². The monoisotopic (exact) mass is 336 g/mol. The maximum Gasteiger partial charge on any atom is 0.244 e. The Morgan fingerprint density at radius 3 is 2.72 bits per heavy atom. The molecule has 1 amide bonds. The third-order valence-corrected chi connectivity index (χ3v) is 4.00. The lowest BCUT2D eigenvalue weighted by Crippen LogP contribution is -2.37. The molecule has 0 aliphatic rings. The number of amides is 1. The van der Waals surface area contributed by atoms with Crippen molar-refractivity contribution in [1.29, 1.82) is 0 Å². The molecule has 0 fully saturated rings. The average Bonchev–Trinajstić information content (AvgIpc) is 3.32. The van der Waals surface area contributed by atoms with E-state index in [0.29, 0.717) is 0 Å². The average molecular weight is 336 g/mol. The van der Waals surface area contributed by atoms with E-state index in [-0.39, 0.29) is 18.0 Å². The minimum atomic E-state index is -0.160. The van der Waals surface area contributed by atoms with Crippen molar-refractivity contribution in [3.8, 4) is 5.69 Å². The highest BCUT2D eigenvalue weighted by Gasteiger charge is 2.15. The zero-order valence-corrected chi connectivity index (χ0v) is 14.1. The molecule has 2 heterocycles. The van der Waals surface area contributed by atoms with Gasteiger partial charge in [-0.15, -0.1) is 0 Å². The summed E-state index contributed by atoms with van der Waals surface area (Å²) in [7, 11) is 0. The smallest absolute Gasteiger partial charge is 0.244 e. The maximum absolute atomic E-state index is 12.1. The molecule has 128 valence electrons. The highest BCUT2D eigenvalue weighted by Crippen LogP contribution is 2.10. The molecule has 1 aromatic carbocycles. The molecule has 2 aromatic heterocycles. The molecule has 7 nitrogen and oxygen atoms in total. The minimum absolute atomic E-state index is 0.0145. The number of rotatable bonds is 6. The van der Waals surface area contributed by atoms with Crippen LogP contribution in [0.15, 0.2) is 61.5 Å². The molecular weight excluding hydrogens is 316 g/mol. The second-order valence-corrected chi connectivity index (χ2v) is 5.80. The lowest BCUT2D eigenvalue weighted by Gasteiger charge is -2.20. The second kappa shape index (κ2) is 7.57. The number of hydrogen-bond donors (Lipinski definition) is 1. The van der Waals surface area contributed by atoms with Gasteiger partial charge in [-0.3, -0.25) is 4.79 Å². The van der Waals surface area contributed by atoms with Gasteiger partial charge in [0.15, 0.2) is 0 Å². The SMILES string of the molecule is CC(NC(=O)C=Cc1cnn(-c2ccccc2)c1)C(C)n1cncn1. The van der Waals surface area contributed by atoms with Crippen LogP contribution in [0.5, 0.6) is 0 Å². The van der Waals surface area contributed by atoms with Gasteiger partial charge in [0.2, 0.25) is 5.91 Å². The number of aromatic nitrogens is 5. The molecule has 3 aromatic rings. The quantitative estimate of drug-likeness (QED) is 0.700. The molecule has 0 aliphatic heterocycles. The van der Waals surface area contributed by atoms with E-state index in [1.807, 2.05) is 50.4 Å². The summed E-state index contributed by atoms with van der Waals surface area (Å²) in [5.41, 5.74) is 1.83. The zero-order valence-electron chi connectivity index (χ0n) is 14.1. The Balaban J connectivity index is 1.58. The van der Waals surface area contributed by atoms with E-state index in [4.69, 9.17) is 0 Å². The first-order chi connectivity index (χ1) is 12.1. The van der Waals surface area contributed by atoms with Crippen LogP contribution in [0.25, 0.3) is 11.8 Å². The van der Waals surface area contributed by atoms with E-state index >= 15 is 0 Å². The fourth-order valence-corrected chi connectivity index (χ4v) is 2.37. The van der Waals surface area contributed by atoms with Crippen LogP contribution in [0.4, 0.5) is 0 Å². The van der Waals surface area contributed by atoms with Gasteiger partial charge in [0, 0.05) is 23.9 Å². The Kier molecular flexibility index (Phi) is 5.03. The number of benzene rings is 1. The Morgan fingerprint density at radius 1 is 1.20 bits per heavy atom. The van der Waals surface area contributed by atoms with Crippen LogP contribution in [-0.2, 0) is 4.79 Å². The van der Waals surface area contributed by atoms with Gasteiger partial charge in [0.1, 0.15) is 12.7 Å². The molecule has 2 unspecified atom stereocenters. The highest BCUT2D eigenvalue weighted by atomic mass is 16.1. The molecule has 1 N–H and O–H groups in total. The van der Waals surface area contributed by atoms with E-state index in [1.165, 1.54) is 12.4 Å². The number of carbonyl (C=O) groups is 1. The van der Waals surface area contributed by atoms with Gasteiger partial charge in [0.05, 0.1) is 17.9 Å². The largest absolute Gasteiger partial charge is 0.348 e. The summed E-state index contributed by atoms with van der Waals surface area (Å²) in [5, 5.41) is 11.3. The molecule has 0 saturated heterocycles. The van der Waals surface area contributed by atoms with Crippen LogP contribution >= 0.6 is 0 Å². The van der Waals surface area contributed by atoms with E-state index in [0.717, 1.165) is 11.3 Å². The summed E-state index contributed by atoms with van der Waals surface area (Å²) in [6, 6.07) is 9.75. The molecular formula is C18H20N6O. The number of nitrogens with zero attached hydrogens (tertiary/aromatic N) is 5. The van der Waals surface area contributed by atoms with E-state index in [2.05, 4.69) is 20.5 Å². The summed E-state index contributed by atoms with van der Waals surface area (Å²) < 4.78 is 3.49. The fourth-order valence-electron chi connectivity index (χ4n) is 2.37. The Morgan fingerprint density at radius 2 is 2.00 bits per heavy atom. The summed E-state index contributed by atoms with van der Waals surface area (Å²) >= 11 is 0. The number of carbonyl (C=O) groups excluding carboxylic acids is 1. The third kappa shape index (κ3) is 4.20. The number of para-hydroxylation sites is 1. The van der Waals surface area contributed by atoms with Crippen LogP contribution in [0.3, 0.4) is 0 Å². The van der Waals surface area contributed by atoms with Crippen molar-refractivity contribution in [3.05, 3.63) is 67.0 Å². The minimum Gasteiger partial charge on any atom is -0.348 e. The van der Waals surface area contributed by atoms with Crippen molar-refractivity contribution >= 4 is 12.0 Å². The molecule has 0 spiro atoms. The first-order valence-corrected chi connectivity index (χ1v) is 8.06. The van der Waals surface area contributed by atoms with Crippen LogP contribution in [0, 0.1) is 0 Å².